The number of nitrogens with zero attached hydrogens (tertiary/aromatic N) is 1. The molecule has 2 fully saturated rings. The van der Waals surface area contributed by atoms with Crippen LogP contribution in [0.2, 0.25) is 0 Å². The van der Waals surface area contributed by atoms with Crippen LogP contribution in [0.15, 0.2) is 35.2 Å². The second kappa shape index (κ2) is 6.87. The van der Waals surface area contributed by atoms with Gasteiger partial charge >= 0.3 is 0 Å². The summed E-state index contributed by atoms with van der Waals surface area (Å²) in [6.45, 7) is 1.86. The predicted molar refractivity (Wildman–Crippen MR) is 86.1 cm³/mol. The van der Waals surface area contributed by atoms with E-state index in [9.17, 15) is 4.79 Å². The lowest BCUT2D eigenvalue weighted by atomic mass is 10.2. The zero-order valence-corrected chi connectivity index (χ0v) is 13.1. The number of hydrogen-bond donors (Lipinski definition) is 1. The Morgan fingerprint density at radius 2 is 2.25 bits per heavy atom. The fourth-order valence-corrected chi connectivity index (χ4v) is 4.66. The van der Waals surface area contributed by atoms with Gasteiger partial charge in [-0.25, -0.2) is 0 Å². The summed E-state index contributed by atoms with van der Waals surface area (Å²) in [6.07, 6.45) is 1.14. The van der Waals surface area contributed by atoms with Crippen molar-refractivity contribution in [3.63, 3.8) is 0 Å². The Kier molecular flexibility index (Phi) is 4.91. The van der Waals surface area contributed by atoms with E-state index in [1.807, 2.05) is 29.6 Å². The van der Waals surface area contributed by atoms with Crippen molar-refractivity contribution in [2.45, 2.75) is 17.4 Å². The standard InChI is InChI=1S/C15H20N2OS2/c18-15(14-10-19-11-16-14)17-7-6-12(8-17)9-20-13-4-2-1-3-5-13/h1-5,12,14,16H,6-11H2. The molecule has 0 saturated carbocycles. The lowest BCUT2D eigenvalue weighted by molar-refractivity contribution is -0.131. The van der Waals surface area contributed by atoms with Crippen molar-refractivity contribution >= 4 is 29.4 Å². The Labute approximate surface area is 128 Å². The second-order valence-corrected chi connectivity index (χ2v) is 7.46. The molecule has 1 aromatic rings. The summed E-state index contributed by atoms with van der Waals surface area (Å²) < 4.78 is 0. The van der Waals surface area contributed by atoms with Gasteiger partial charge in [0.25, 0.3) is 0 Å². The van der Waals surface area contributed by atoms with E-state index in [2.05, 4.69) is 34.5 Å². The van der Waals surface area contributed by atoms with Gasteiger partial charge in [0.05, 0.1) is 6.04 Å². The van der Waals surface area contributed by atoms with Crippen molar-refractivity contribution in [3.05, 3.63) is 30.3 Å². The summed E-state index contributed by atoms with van der Waals surface area (Å²) in [4.78, 5) is 15.7. The number of likely N-dealkylation sites (tertiary alicyclic amines) is 1. The average molecular weight is 308 g/mol. The maximum Gasteiger partial charge on any atom is 0.240 e. The maximum atomic E-state index is 12.3. The molecule has 1 amide bonds. The minimum atomic E-state index is 0.0560. The van der Waals surface area contributed by atoms with Crippen molar-refractivity contribution in [2.75, 3.05) is 30.5 Å². The van der Waals surface area contributed by atoms with Crippen molar-refractivity contribution in [2.24, 2.45) is 5.92 Å². The summed E-state index contributed by atoms with van der Waals surface area (Å²) in [5, 5.41) is 3.27. The molecule has 1 N–H and O–H groups in total. The van der Waals surface area contributed by atoms with Gasteiger partial charge in [0.2, 0.25) is 5.91 Å². The number of rotatable bonds is 4. The number of nitrogens with one attached hydrogen (secondary N) is 1. The third-order valence-electron chi connectivity index (χ3n) is 3.84. The number of benzene rings is 1. The molecular formula is C15H20N2OS2. The SMILES string of the molecule is O=C(C1CSCN1)N1CCC(CSc2ccccc2)C1. The number of thioether (sulfide) groups is 2. The summed E-state index contributed by atoms with van der Waals surface area (Å²) in [7, 11) is 0. The first-order chi connectivity index (χ1) is 9.83. The Morgan fingerprint density at radius 1 is 1.40 bits per heavy atom. The first-order valence-corrected chi connectivity index (χ1v) is 9.25. The third kappa shape index (κ3) is 3.51. The molecule has 5 heteroatoms. The molecule has 0 spiro atoms. The third-order valence-corrected chi connectivity index (χ3v) is 6.02. The normalized spacial score (nSPS) is 26.1. The maximum absolute atomic E-state index is 12.3. The first kappa shape index (κ1) is 14.3. The number of carbonyl (C=O) groups is 1. The van der Waals surface area contributed by atoms with Crippen LogP contribution in [0.25, 0.3) is 0 Å². The Hall–Kier alpha value is -0.650. The van der Waals surface area contributed by atoms with Crippen LogP contribution in [0, 0.1) is 5.92 Å². The van der Waals surface area contributed by atoms with Gasteiger partial charge in [0, 0.05) is 35.4 Å². The van der Waals surface area contributed by atoms with Crippen molar-refractivity contribution in [1.29, 1.82) is 0 Å². The van der Waals surface area contributed by atoms with Gasteiger partial charge < -0.3 is 4.90 Å². The summed E-state index contributed by atoms with van der Waals surface area (Å²) in [5.74, 6) is 3.90. The average Bonchev–Trinajstić information content (AvgIpc) is 3.17. The van der Waals surface area contributed by atoms with E-state index in [1.165, 1.54) is 4.90 Å². The van der Waals surface area contributed by atoms with E-state index in [1.54, 1.807) is 0 Å². The van der Waals surface area contributed by atoms with Crippen molar-refractivity contribution in [1.82, 2.24) is 10.2 Å². The summed E-state index contributed by atoms with van der Waals surface area (Å²) in [5.41, 5.74) is 0. The highest BCUT2D eigenvalue weighted by atomic mass is 32.2. The van der Waals surface area contributed by atoms with E-state index in [-0.39, 0.29) is 6.04 Å². The smallest absolute Gasteiger partial charge is 0.240 e. The zero-order valence-electron chi connectivity index (χ0n) is 11.5. The molecule has 0 aromatic heterocycles. The molecule has 2 unspecified atom stereocenters. The topological polar surface area (TPSA) is 32.3 Å². The molecule has 0 bridgehead atoms. The van der Waals surface area contributed by atoms with Crippen LogP contribution in [0.1, 0.15) is 6.42 Å². The van der Waals surface area contributed by atoms with Crippen molar-refractivity contribution in [3.8, 4) is 0 Å². The molecule has 2 aliphatic heterocycles. The van der Waals surface area contributed by atoms with E-state index in [0.29, 0.717) is 11.8 Å². The van der Waals surface area contributed by atoms with Crippen LogP contribution in [-0.2, 0) is 4.79 Å². The predicted octanol–water partition coefficient (Wildman–Crippen LogP) is 2.29. The minimum Gasteiger partial charge on any atom is -0.341 e. The summed E-state index contributed by atoms with van der Waals surface area (Å²) >= 11 is 3.72. The van der Waals surface area contributed by atoms with Gasteiger partial charge in [-0.2, -0.15) is 0 Å². The molecule has 2 heterocycles. The monoisotopic (exact) mass is 308 g/mol. The quantitative estimate of drug-likeness (QED) is 0.865. The number of hydrogen-bond acceptors (Lipinski definition) is 4. The molecule has 20 heavy (non-hydrogen) atoms. The molecule has 0 aliphatic carbocycles. The summed E-state index contributed by atoms with van der Waals surface area (Å²) in [6, 6.07) is 10.6. The van der Waals surface area contributed by atoms with Crippen LogP contribution in [0.5, 0.6) is 0 Å². The van der Waals surface area contributed by atoms with Gasteiger partial charge in [0.1, 0.15) is 0 Å². The molecule has 0 radical (unpaired) electrons. The highest BCUT2D eigenvalue weighted by Crippen LogP contribution is 2.26. The number of carbonyl (C=O) groups excluding carboxylic acids is 1. The lowest BCUT2D eigenvalue weighted by Crippen LogP contribution is -2.43. The van der Waals surface area contributed by atoms with Crippen molar-refractivity contribution < 1.29 is 4.79 Å². The van der Waals surface area contributed by atoms with E-state index in [4.69, 9.17) is 0 Å². The molecule has 108 valence electrons. The van der Waals surface area contributed by atoms with Crippen LogP contribution < -0.4 is 5.32 Å². The highest BCUT2D eigenvalue weighted by Gasteiger charge is 2.32. The van der Waals surface area contributed by atoms with Gasteiger partial charge in [0.15, 0.2) is 0 Å². The highest BCUT2D eigenvalue weighted by molar-refractivity contribution is 7.99. The van der Waals surface area contributed by atoms with Crippen LogP contribution in [-0.4, -0.2) is 47.3 Å². The van der Waals surface area contributed by atoms with E-state index >= 15 is 0 Å². The fourth-order valence-electron chi connectivity index (χ4n) is 2.67. The minimum absolute atomic E-state index is 0.0560. The van der Waals surface area contributed by atoms with E-state index in [0.717, 1.165) is 36.9 Å². The first-order valence-electron chi connectivity index (χ1n) is 7.10. The molecular weight excluding hydrogens is 288 g/mol. The zero-order chi connectivity index (χ0) is 13.8. The van der Waals surface area contributed by atoms with E-state index < -0.39 is 0 Å². The van der Waals surface area contributed by atoms with Crippen LogP contribution >= 0.6 is 23.5 Å². The van der Waals surface area contributed by atoms with Gasteiger partial charge in [-0.3, -0.25) is 10.1 Å². The van der Waals surface area contributed by atoms with Crippen LogP contribution in [0.4, 0.5) is 0 Å². The van der Waals surface area contributed by atoms with Gasteiger partial charge in [-0.15, -0.1) is 23.5 Å². The fraction of sp³-hybridized carbons (Fsp3) is 0.533. The van der Waals surface area contributed by atoms with Gasteiger partial charge in [-0.05, 0) is 24.5 Å². The molecule has 2 saturated heterocycles. The second-order valence-electron chi connectivity index (χ2n) is 5.33. The molecule has 3 nitrogen and oxygen atoms in total. The Morgan fingerprint density at radius 3 is 3.00 bits per heavy atom. The molecule has 2 aliphatic rings. The lowest BCUT2D eigenvalue weighted by Gasteiger charge is -2.20. The Balaban J connectivity index is 1.46. The van der Waals surface area contributed by atoms with Crippen LogP contribution in [0.3, 0.4) is 0 Å². The molecule has 2 atom stereocenters. The molecule has 3 rings (SSSR count). The van der Waals surface area contributed by atoms with Gasteiger partial charge in [-0.1, -0.05) is 18.2 Å². The Bertz CT molecular complexity index is 448. The largest absolute Gasteiger partial charge is 0.341 e. The number of amides is 1. The molecule has 1 aromatic carbocycles.